The van der Waals surface area contributed by atoms with Gasteiger partial charge in [0.2, 0.25) is 0 Å². The number of hydrogen-bond acceptors (Lipinski definition) is 2. The molecule has 144 valence electrons. The van der Waals surface area contributed by atoms with Crippen LogP contribution in [0.3, 0.4) is 0 Å². The molecule has 0 unspecified atom stereocenters. The van der Waals surface area contributed by atoms with Gasteiger partial charge in [-0.2, -0.15) is 0 Å². The molecule has 0 aliphatic carbocycles. The number of unbranched alkanes of at least 4 members (excludes halogenated alkanes) is 1. The minimum absolute atomic E-state index is 0.233. The first-order valence-corrected chi connectivity index (χ1v) is 10.1. The summed E-state index contributed by atoms with van der Waals surface area (Å²) in [7, 11) is 0. The van der Waals surface area contributed by atoms with E-state index in [0.717, 1.165) is 46.1 Å². The number of hydrogen-bond donors (Lipinski definition) is 0. The molecule has 0 saturated heterocycles. The zero-order chi connectivity index (χ0) is 20.1. The quantitative estimate of drug-likeness (QED) is 0.347. The van der Waals surface area contributed by atoms with Crippen LogP contribution < -0.4 is 5.63 Å². The highest BCUT2D eigenvalue weighted by Gasteiger charge is 2.14. The Morgan fingerprint density at radius 1 is 0.828 bits per heavy atom. The number of fused-ring (bicyclic) bond motifs is 1. The zero-order valence-corrected chi connectivity index (χ0v) is 16.6. The van der Waals surface area contributed by atoms with Gasteiger partial charge in [0.15, 0.2) is 0 Å². The van der Waals surface area contributed by atoms with Crippen molar-refractivity contribution in [1.82, 2.24) is 0 Å². The predicted molar refractivity (Wildman–Crippen MR) is 121 cm³/mol. The molecule has 2 nitrogen and oxygen atoms in total. The van der Waals surface area contributed by atoms with Gasteiger partial charge in [-0.1, -0.05) is 92.2 Å². The molecule has 0 amide bonds. The van der Waals surface area contributed by atoms with Crippen molar-refractivity contribution in [2.75, 3.05) is 0 Å². The maximum atomic E-state index is 12.8. The van der Waals surface area contributed by atoms with Crippen molar-refractivity contribution in [2.24, 2.45) is 0 Å². The van der Waals surface area contributed by atoms with Crippen molar-refractivity contribution in [2.45, 2.75) is 26.2 Å². The molecular formula is C27H24O2. The van der Waals surface area contributed by atoms with E-state index in [1.807, 2.05) is 60.7 Å². The Balaban J connectivity index is 2.02. The fourth-order valence-electron chi connectivity index (χ4n) is 3.68. The molecule has 0 radical (unpaired) electrons. The summed E-state index contributed by atoms with van der Waals surface area (Å²) < 4.78 is 5.64. The predicted octanol–water partition coefficient (Wildman–Crippen LogP) is 6.72. The molecule has 1 aromatic heterocycles. The highest BCUT2D eigenvalue weighted by Crippen LogP contribution is 2.30. The van der Waals surface area contributed by atoms with Crippen molar-refractivity contribution in [1.29, 1.82) is 0 Å². The maximum absolute atomic E-state index is 12.8. The van der Waals surface area contributed by atoms with Crippen LogP contribution in [0.4, 0.5) is 0 Å². The van der Waals surface area contributed by atoms with Gasteiger partial charge in [0.25, 0.3) is 0 Å². The average molecular weight is 380 g/mol. The van der Waals surface area contributed by atoms with Crippen molar-refractivity contribution >= 4 is 22.6 Å². The third-order valence-corrected chi connectivity index (χ3v) is 5.19. The van der Waals surface area contributed by atoms with E-state index in [9.17, 15) is 4.79 Å². The Morgan fingerprint density at radius 3 is 2.03 bits per heavy atom. The Hall–Kier alpha value is -3.39. The van der Waals surface area contributed by atoms with Gasteiger partial charge in [0.1, 0.15) is 5.58 Å². The van der Waals surface area contributed by atoms with E-state index in [0.29, 0.717) is 12.0 Å². The molecule has 0 aliphatic heterocycles. The fourth-order valence-corrected chi connectivity index (χ4v) is 3.68. The first-order chi connectivity index (χ1) is 14.3. The molecule has 0 N–H and O–H groups in total. The smallest absolute Gasteiger partial charge is 0.340 e. The lowest BCUT2D eigenvalue weighted by molar-refractivity contribution is 0.547. The fraction of sp³-hybridized carbons (Fsp3) is 0.148. The second-order valence-electron chi connectivity index (χ2n) is 7.17. The lowest BCUT2D eigenvalue weighted by Crippen LogP contribution is -2.10. The van der Waals surface area contributed by atoms with Gasteiger partial charge in [0, 0.05) is 10.9 Å². The Kier molecular flexibility index (Phi) is 5.71. The molecular weight excluding hydrogens is 356 g/mol. The topological polar surface area (TPSA) is 30.2 Å². The summed E-state index contributed by atoms with van der Waals surface area (Å²) in [6.07, 6.45) is 4.86. The average Bonchev–Trinajstić information content (AvgIpc) is 2.77. The van der Waals surface area contributed by atoms with Crippen LogP contribution in [-0.2, 0) is 6.42 Å². The van der Waals surface area contributed by atoms with Crippen LogP contribution in [0.1, 0.15) is 42.0 Å². The summed E-state index contributed by atoms with van der Waals surface area (Å²) >= 11 is 0. The summed E-state index contributed by atoms with van der Waals surface area (Å²) in [5.74, 6) is 0. The van der Waals surface area contributed by atoms with Crippen molar-refractivity contribution in [3.63, 3.8) is 0 Å². The highest BCUT2D eigenvalue weighted by molar-refractivity contribution is 5.98. The molecule has 0 aliphatic rings. The van der Waals surface area contributed by atoms with E-state index in [1.165, 1.54) is 0 Å². The van der Waals surface area contributed by atoms with E-state index in [1.54, 1.807) is 0 Å². The molecule has 4 rings (SSSR count). The van der Waals surface area contributed by atoms with Gasteiger partial charge in [-0.15, -0.1) is 0 Å². The molecule has 3 aromatic carbocycles. The minimum Gasteiger partial charge on any atom is -0.422 e. The van der Waals surface area contributed by atoms with Gasteiger partial charge in [-0.3, -0.25) is 0 Å². The van der Waals surface area contributed by atoms with Crippen molar-refractivity contribution < 1.29 is 4.42 Å². The Bertz CT molecular complexity index is 1140. The van der Waals surface area contributed by atoms with Crippen LogP contribution in [0, 0.1) is 0 Å². The first-order valence-electron chi connectivity index (χ1n) is 10.1. The Labute approximate surface area is 171 Å². The van der Waals surface area contributed by atoms with E-state index in [-0.39, 0.29) is 5.63 Å². The summed E-state index contributed by atoms with van der Waals surface area (Å²) in [4.78, 5) is 12.8. The molecule has 2 heteroatoms. The van der Waals surface area contributed by atoms with Crippen molar-refractivity contribution in [3.8, 4) is 0 Å². The van der Waals surface area contributed by atoms with Gasteiger partial charge >= 0.3 is 5.63 Å². The van der Waals surface area contributed by atoms with Crippen LogP contribution in [0.5, 0.6) is 0 Å². The van der Waals surface area contributed by atoms with Gasteiger partial charge < -0.3 is 4.42 Å². The summed E-state index contributed by atoms with van der Waals surface area (Å²) in [5, 5.41) is 0.975. The summed E-state index contributed by atoms with van der Waals surface area (Å²) in [5.41, 5.74) is 5.46. The molecule has 0 atom stereocenters. The third kappa shape index (κ3) is 4.07. The van der Waals surface area contributed by atoms with Crippen LogP contribution >= 0.6 is 0 Å². The summed E-state index contributed by atoms with van der Waals surface area (Å²) in [6.45, 7) is 2.14. The highest BCUT2D eigenvalue weighted by atomic mass is 16.4. The second kappa shape index (κ2) is 8.74. The molecule has 0 fully saturated rings. The molecule has 29 heavy (non-hydrogen) atoms. The number of para-hydroxylation sites is 1. The number of benzene rings is 3. The van der Waals surface area contributed by atoms with Crippen LogP contribution in [0.25, 0.3) is 22.6 Å². The van der Waals surface area contributed by atoms with E-state index >= 15 is 0 Å². The van der Waals surface area contributed by atoms with E-state index in [2.05, 4.69) is 37.3 Å². The molecule has 4 aromatic rings. The number of rotatable bonds is 6. The van der Waals surface area contributed by atoms with E-state index in [4.69, 9.17) is 4.42 Å². The Morgan fingerprint density at radius 2 is 1.41 bits per heavy atom. The zero-order valence-electron chi connectivity index (χ0n) is 16.6. The van der Waals surface area contributed by atoms with Gasteiger partial charge in [0.05, 0.1) is 0 Å². The molecule has 1 heterocycles. The standard InChI is InChI=1S/C27H24O2/c1-2-3-16-23-25(22-17-10-11-18-26(22)29-27(23)28)19-24(20-12-6-4-7-13-20)21-14-8-5-9-15-21/h4-15,17-19H,2-3,16H2,1H3. The summed E-state index contributed by atoms with van der Waals surface area (Å²) in [6, 6.07) is 28.4. The SMILES string of the molecule is CCCCc1c(C=C(c2ccccc2)c2ccccc2)c2ccccc2oc1=O. The monoisotopic (exact) mass is 380 g/mol. The van der Waals surface area contributed by atoms with Crippen molar-refractivity contribution in [3.05, 3.63) is 118 Å². The van der Waals surface area contributed by atoms with Crippen LogP contribution in [0.15, 0.2) is 94.1 Å². The normalized spacial score (nSPS) is 10.8. The first kappa shape index (κ1) is 18.9. The lowest BCUT2D eigenvalue weighted by atomic mass is 9.92. The molecule has 0 spiro atoms. The minimum atomic E-state index is -0.233. The van der Waals surface area contributed by atoms with E-state index < -0.39 is 0 Å². The van der Waals surface area contributed by atoms with Crippen LogP contribution in [-0.4, -0.2) is 0 Å². The lowest BCUT2D eigenvalue weighted by Gasteiger charge is -2.13. The van der Waals surface area contributed by atoms with Gasteiger partial charge in [-0.25, -0.2) is 4.79 Å². The largest absolute Gasteiger partial charge is 0.422 e. The maximum Gasteiger partial charge on any atom is 0.340 e. The second-order valence-corrected chi connectivity index (χ2v) is 7.17. The molecule has 0 bridgehead atoms. The van der Waals surface area contributed by atoms with Crippen LogP contribution in [0.2, 0.25) is 0 Å². The van der Waals surface area contributed by atoms with Gasteiger partial charge in [-0.05, 0) is 47.2 Å². The third-order valence-electron chi connectivity index (χ3n) is 5.19. The molecule has 0 saturated carbocycles.